The maximum atomic E-state index is 10.8. The number of aryl methyl sites for hydroxylation is 1. The summed E-state index contributed by atoms with van der Waals surface area (Å²) in [7, 11) is 0. The lowest BCUT2D eigenvalue weighted by molar-refractivity contribution is -0.137. The van der Waals surface area contributed by atoms with E-state index >= 15 is 0 Å². The van der Waals surface area contributed by atoms with Crippen molar-refractivity contribution in [3.8, 4) is 0 Å². The van der Waals surface area contributed by atoms with Gasteiger partial charge in [0, 0.05) is 12.5 Å². The molecule has 1 atom stereocenters. The van der Waals surface area contributed by atoms with E-state index in [0.717, 1.165) is 35.5 Å². The second-order valence-corrected chi connectivity index (χ2v) is 4.67. The number of carbonyl (C=O) groups is 1. The van der Waals surface area contributed by atoms with Gasteiger partial charge in [0.25, 0.3) is 0 Å². The zero-order chi connectivity index (χ0) is 11.0. The quantitative estimate of drug-likeness (QED) is 0.899. The van der Waals surface area contributed by atoms with Crippen LogP contribution in [0.25, 0.3) is 0 Å². The van der Waals surface area contributed by atoms with Crippen LogP contribution in [0.2, 0.25) is 0 Å². The van der Waals surface area contributed by atoms with Crippen LogP contribution in [0.4, 0.5) is 0 Å². The van der Waals surface area contributed by atoms with Crippen LogP contribution in [0.1, 0.15) is 36.7 Å². The van der Waals surface area contributed by atoms with Gasteiger partial charge in [0.05, 0.1) is 12.1 Å². The molecule has 0 bridgehead atoms. The van der Waals surface area contributed by atoms with Crippen LogP contribution in [-0.2, 0) is 11.3 Å². The Bertz CT molecular complexity index is 400. The molecule has 4 nitrogen and oxygen atoms in total. The van der Waals surface area contributed by atoms with Gasteiger partial charge in [0.15, 0.2) is 0 Å². The molecule has 82 valence electrons. The van der Waals surface area contributed by atoms with E-state index in [2.05, 4.69) is 25.5 Å². The van der Waals surface area contributed by atoms with Crippen molar-refractivity contribution in [3.05, 3.63) is 16.1 Å². The van der Waals surface area contributed by atoms with E-state index in [1.54, 1.807) is 0 Å². The molecular weight excluding hydrogens is 260 g/mol. The summed E-state index contributed by atoms with van der Waals surface area (Å²) in [4.78, 5) is 15.1. The minimum atomic E-state index is -0.737. The van der Waals surface area contributed by atoms with Crippen molar-refractivity contribution in [2.75, 3.05) is 0 Å². The zero-order valence-electron chi connectivity index (χ0n) is 8.53. The first-order valence-electron chi connectivity index (χ1n) is 5.04. The Hall–Kier alpha value is -0.840. The smallest absolute Gasteiger partial charge is 0.304 e. The molecule has 0 amide bonds. The Balaban J connectivity index is 2.37. The average Bonchev–Trinajstić information content (AvgIpc) is 2.43. The van der Waals surface area contributed by atoms with Crippen molar-refractivity contribution in [3.63, 3.8) is 0 Å². The predicted octanol–water partition coefficient (Wildman–Crippen LogP) is 2.31. The summed E-state index contributed by atoms with van der Waals surface area (Å²) in [5.41, 5.74) is 1.06. The molecule has 0 spiro atoms. The highest BCUT2D eigenvalue weighted by Crippen LogP contribution is 2.35. The molecule has 1 aliphatic heterocycles. The van der Waals surface area contributed by atoms with Crippen LogP contribution in [0.5, 0.6) is 0 Å². The van der Waals surface area contributed by atoms with Crippen LogP contribution in [0.3, 0.4) is 0 Å². The predicted molar refractivity (Wildman–Crippen MR) is 58.9 cm³/mol. The largest absolute Gasteiger partial charge is 0.481 e. The van der Waals surface area contributed by atoms with E-state index in [9.17, 15) is 4.79 Å². The van der Waals surface area contributed by atoms with Gasteiger partial charge in [-0.25, -0.2) is 4.98 Å². The summed E-state index contributed by atoms with van der Waals surface area (Å²) in [6.07, 6.45) is 2.17. The van der Waals surface area contributed by atoms with Gasteiger partial charge in [-0.05, 0) is 35.7 Å². The first kappa shape index (κ1) is 10.7. The van der Waals surface area contributed by atoms with Crippen LogP contribution in [0, 0.1) is 6.92 Å². The van der Waals surface area contributed by atoms with E-state index in [1.807, 2.05) is 6.92 Å². The molecule has 0 radical (unpaired) electrons. The summed E-state index contributed by atoms with van der Waals surface area (Å²) in [6.45, 7) is 2.91. The van der Waals surface area contributed by atoms with Gasteiger partial charge in [-0.15, -0.1) is 0 Å². The lowest BCUT2D eigenvalue weighted by Gasteiger charge is -2.24. The number of hydrogen-bond donors (Lipinski definition) is 1. The second-order valence-electron chi connectivity index (χ2n) is 3.92. The van der Waals surface area contributed by atoms with Crippen molar-refractivity contribution in [2.24, 2.45) is 0 Å². The van der Waals surface area contributed by atoms with Crippen LogP contribution in [0.15, 0.2) is 4.60 Å². The van der Waals surface area contributed by atoms with E-state index in [0.29, 0.717) is 0 Å². The van der Waals surface area contributed by atoms with Gasteiger partial charge in [0.2, 0.25) is 0 Å². The standard InChI is InChI=1S/C10H13BrN2O2/c1-6-12-10(11)9-7(5-8(14)15)3-2-4-13(6)9/h7H,2-5H2,1H3,(H,14,15). The van der Waals surface area contributed by atoms with Gasteiger partial charge in [0.1, 0.15) is 10.4 Å². The third-order valence-electron chi connectivity index (χ3n) is 2.89. The van der Waals surface area contributed by atoms with E-state index in [1.165, 1.54) is 0 Å². The molecule has 0 saturated carbocycles. The minimum absolute atomic E-state index is 0.104. The number of hydrogen-bond acceptors (Lipinski definition) is 2. The summed E-state index contributed by atoms with van der Waals surface area (Å²) in [5, 5.41) is 8.84. The number of aromatic nitrogens is 2. The molecular formula is C10H13BrN2O2. The summed E-state index contributed by atoms with van der Waals surface area (Å²) in [6, 6.07) is 0. The number of aliphatic carboxylic acids is 1. The summed E-state index contributed by atoms with van der Waals surface area (Å²) in [5.74, 6) is 0.331. The fourth-order valence-electron chi connectivity index (χ4n) is 2.26. The molecule has 2 rings (SSSR count). The second kappa shape index (κ2) is 3.96. The van der Waals surface area contributed by atoms with Gasteiger partial charge >= 0.3 is 5.97 Å². The van der Waals surface area contributed by atoms with E-state index < -0.39 is 5.97 Å². The van der Waals surface area contributed by atoms with Crippen molar-refractivity contribution in [1.82, 2.24) is 9.55 Å². The highest BCUT2D eigenvalue weighted by atomic mass is 79.9. The van der Waals surface area contributed by atoms with E-state index in [4.69, 9.17) is 5.11 Å². The fraction of sp³-hybridized carbons (Fsp3) is 0.600. The Morgan fingerprint density at radius 2 is 2.47 bits per heavy atom. The van der Waals surface area contributed by atoms with Gasteiger partial charge in [-0.1, -0.05) is 0 Å². The van der Waals surface area contributed by atoms with Crippen LogP contribution in [-0.4, -0.2) is 20.6 Å². The monoisotopic (exact) mass is 272 g/mol. The first-order valence-corrected chi connectivity index (χ1v) is 5.83. The molecule has 0 fully saturated rings. The Labute approximate surface area is 96.4 Å². The van der Waals surface area contributed by atoms with E-state index in [-0.39, 0.29) is 12.3 Å². The van der Waals surface area contributed by atoms with Crippen molar-refractivity contribution < 1.29 is 9.90 Å². The molecule has 1 N–H and O–H groups in total. The van der Waals surface area contributed by atoms with Crippen LogP contribution < -0.4 is 0 Å². The minimum Gasteiger partial charge on any atom is -0.481 e. The van der Waals surface area contributed by atoms with Crippen molar-refractivity contribution in [1.29, 1.82) is 0 Å². The molecule has 1 aromatic heterocycles. The molecule has 5 heteroatoms. The first-order chi connectivity index (χ1) is 7.09. The summed E-state index contributed by atoms with van der Waals surface area (Å²) < 4.78 is 2.94. The number of imidazole rings is 1. The molecule has 1 aliphatic rings. The third-order valence-corrected chi connectivity index (χ3v) is 3.48. The van der Waals surface area contributed by atoms with Crippen molar-refractivity contribution in [2.45, 2.75) is 38.6 Å². The lowest BCUT2D eigenvalue weighted by Crippen LogP contribution is -2.18. The molecule has 0 saturated heterocycles. The molecule has 15 heavy (non-hydrogen) atoms. The van der Waals surface area contributed by atoms with Crippen molar-refractivity contribution >= 4 is 21.9 Å². The molecule has 0 aliphatic carbocycles. The number of halogens is 1. The normalized spacial score (nSPS) is 20.0. The maximum Gasteiger partial charge on any atom is 0.304 e. The Kier molecular flexibility index (Phi) is 2.82. The van der Waals surface area contributed by atoms with Gasteiger partial charge in [-0.2, -0.15) is 0 Å². The lowest BCUT2D eigenvalue weighted by atomic mass is 9.93. The number of nitrogens with zero attached hydrogens (tertiary/aromatic N) is 2. The topological polar surface area (TPSA) is 55.1 Å². The third kappa shape index (κ3) is 1.93. The molecule has 1 aromatic rings. The van der Waals surface area contributed by atoms with Crippen LogP contribution >= 0.6 is 15.9 Å². The number of carboxylic acid groups (broad SMARTS) is 1. The number of carboxylic acids is 1. The maximum absolute atomic E-state index is 10.8. The highest BCUT2D eigenvalue weighted by molar-refractivity contribution is 9.10. The SMILES string of the molecule is Cc1nc(Br)c2n1CCCC2CC(=O)O. The zero-order valence-corrected chi connectivity index (χ0v) is 10.1. The molecule has 1 unspecified atom stereocenters. The Morgan fingerprint density at radius 3 is 3.13 bits per heavy atom. The fourth-order valence-corrected chi connectivity index (χ4v) is 3.05. The molecule has 0 aromatic carbocycles. The average molecular weight is 273 g/mol. The molecule has 2 heterocycles. The number of fused-ring (bicyclic) bond motifs is 1. The van der Waals surface area contributed by atoms with Gasteiger partial charge < -0.3 is 9.67 Å². The number of rotatable bonds is 2. The van der Waals surface area contributed by atoms with Gasteiger partial charge in [-0.3, -0.25) is 4.79 Å². The summed E-state index contributed by atoms with van der Waals surface area (Å²) >= 11 is 3.41. The highest BCUT2D eigenvalue weighted by Gasteiger charge is 2.27. The Morgan fingerprint density at radius 1 is 1.73 bits per heavy atom.